The van der Waals surface area contributed by atoms with Crippen molar-refractivity contribution in [2.24, 2.45) is 5.10 Å². The Hall–Kier alpha value is -3.07. The van der Waals surface area contributed by atoms with Gasteiger partial charge in [0.15, 0.2) is 0 Å². The molecule has 1 N–H and O–H groups in total. The van der Waals surface area contributed by atoms with Gasteiger partial charge in [0.05, 0.1) is 5.69 Å². The zero-order chi connectivity index (χ0) is 23.8. The minimum atomic E-state index is -0.305. The number of hydrogen-bond acceptors (Lipinski definition) is 7. The molecule has 3 aliphatic heterocycles. The third kappa shape index (κ3) is 3.91. The first kappa shape index (κ1) is 22.7. The Kier molecular flexibility index (Phi) is 6.20. The largest absolute Gasteiger partial charge is 0.368 e. The van der Waals surface area contributed by atoms with Gasteiger partial charge < -0.3 is 9.80 Å². The maximum atomic E-state index is 13.0. The fourth-order valence-electron chi connectivity index (χ4n) is 5.05. The van der Waals surface area contributed by atoms with Crippen LogP contribution < -0.4 is 15.2 Å². The van der Waals surface area contributed by atoms with Crippen LogP contribution in [0.4, 0.5) is 11.4 Å². The third-order valence-electron chi connectivity index (χ3n) is 7.06. The van der Waals surface area contributed by atoms with E-state index in [0.717, 1.165) is 49.0 Å². The number of piperazine rings is 1. The van der Waals surface area contributed by atoms with Crippen LogP contribution in [0.3, 0.4) is 0 Å². The molecule has 180 valence electrons. The maximum Gasteiger partial charge on any atom is 0.269 e. The number of fused-ring (bicyclic) bond motifs is 3. The smallest absolute Gasteiger partial charge is 0.269 e. The quantitative estimate of drug-likeness (QED) is 0.687. The van der Waals surface area contributed by atoms with Gasteiger partial charge in [-0.25, -0.2) is 0 Å². The van der Waals surface area contributed by atoms with E-state index in [2.05, 4.69) is 59.3 Å². The van der Waals surface area contributed by atoms with Crippen molar-refractivity contribution >= 4 is 40.4 Å². The zero-order valence-corrected chi connectivity index (χ0v) is 20.9. The predicted octanol–water partition coefficient (Wildman–Crippen LogP) is 3.37. The number of carbonyl (C=O) groups is 2. The number of nitrogens with one attached hydrogen (secondary N) is 1. The molecule has 3 aliphatic rings. The molecule has 1 saturated heterocycles. The predicted molar refractivity (Wildman–Crippen MR) is 136 cm³/mol. The van der Waals surface area contributed by atoms with Crippen LogP contribution >= 0.6 is 11.3 Å². The van der Waals surface area contributed by atoms with Crippen molar-refractivity contribution in [1.82, 2.24) is 15.2 Å². The fourth-order valence-corrected chi connectivity index (χ4v) is 5.89. The van der Waals surface area contributed by atoms with Gasteiger partial charge in [-0.1, -0.05) is 19.1 Å². The van der Waals surface area contributed by atoms with E-state index < -0.39 is 0 Å². The number of hydrazone groups is 1. The van der Waals surface area contributed by atoms with Crippen molar-refractivity contribution in [2.45, 2.75) is 46.3 Å². The fraction of sp³-hybridized carbons (Fsp3) is 0.480. The summed E-state index contributed by atoms with van der Waals surface area (Å²) in [6.07, 6.45) is 1.53. The second-order valence-electron chi connectivity index (χ2n) is 9.12. The molecule has 1 atom stereocenters. The summed E-state index contributed by atoms with van der Waals surface area (Å²) in [6.45, 7) is 10.2. The number of hydrogen-bond donors (Lipinski definition) is 1. The molecular weight excluding hydrogens is 448 g/mol. The number of amides is 2. The van der Waals surface area contributed by atoms with E-state index in [1.54, 1.807) is 0 Å². The molecule has 0 bridgehead atoms. The lowest BCUT2D eigenvalue weighted by molar-refractivity contribution is -0.131. The van der Waals surface area contributed by atoms with E-state index in [1.165, 1.54) is 28.2 Å². The third-order valence-corrected chi connectivity index (χ3v) is 7.95. The average molecular weight is 481 g/mol. The summed E-state index contributed by atoms with van der Waals surface area (Å²) in [5, 5.41) is 6.49. The van der Waals surface area contributed by atoms with Gasteiger partial charge in [-0.2, -0.15) is 5.10 Å². The second kappa shape index (κ2) is 9.29. The van der Waals surface area contributed by atoms with Crippen molar-refractivity contribution in [3.05, 3.63) is 45.6 Å². The molecule has 2 aromatic rings. The van der Waals surface area contributed by atoms with Crippen LogP contribution in [0.1, 0.15) is 47.0 Å². The van der Waals surface area contributed by atoms with Gasteiger partial charge in [-0.15, -0.1) is 11.3 Å². The Labute approximate surface area is 204 Å². The van der Waals surface area contributed by atoms with Crippen molar-refractivity contribution in [3.63, 3.8) is 0 Å². The molecular formula is C25H32N6O2S. The molecule has 1 aromatic carbocycles. The van der Waals surface area contributed by atoms with Crippen molar-refractivity contribution in [3.8, 4) is 0 Å². The lowest BCUT2D eigenvalue weighted by Crippen LogP contribution is -2.58. The lowest BCUT2D eigenvalue weighted by atomic mass is 10.1. The molecule has 1 unspecified atom stereocenters. The Morgan fingerprint density at radius 1 is 1.15 bits per heavy atom. The first-order valence-corrected chi connectivity index (χ1v) is 13.0. The second-order valence-corrected chi connectivity index (χ2v) is 10.0. The number of carbonyl (C=O) groups excluding carboxylic acids is 2. The molecule has 34 heavy (non-hydrogen) atoms. The number of aryl methyl sites for hydroxylation is 1. The number of rotatable bonds is 6. The van der Waals surface area contributed by atoms with Gasteiger partial charge in [-0.05, 0) is 48.9 Å². The van der Waals surface area contributed by atoms with Crippen molar-refractivity contribution in [2.75, 3.05) is 42.5 Å². The average Bonchev–Trinajstić information content (AvgIpc) is 3.49. The highest BCUT2D eigenvalue weighted by molar-refractivity contribution is 7.12. The SMILES string of the molecule is CCCN1C(=O)c2sccc2N2C(CCC(=O)N3CCN(c4cccc(C)c4C)CC3)=NNC12. The molecule has 9 heteroatoms. The maximum absolute atomic E-state index is 13.0. The Bertz CT molecular complexity index is 1120. The number of anilines is 2. The van der Waals surface area contributed by atoms with E-state index in [0.29, 0.717) is 19.4 Å². The standard InChI is InChI=1S/C25H32N6O2S/c1-4-11-30-24(33)23-20(10-16-34-23)31-21(26-27-25(30)31)8-9-22(32)29-14-12-28(13-15-29)19-7-5-6-17(2)18(19)3/h5-7,10,16,25,27H,4,8-9,11-15H2,1-3H3. The van der Waals surface area contributed by atoms with Crippen LogP contribution in [0.2, 0.25) is 0 Å². The molecule has 5 rings (SSSR count). The highest BCUT2D eigenvalue weighted by Crippen LogP contribution is 2.37. The van der Waals surface area contributed by atoms with E-state index in [-0.39, 0.29) is 18.1 Å². The number of thiophene rings is 1. The molecule has 1 fully saturated rings. The van der Waals surface area contributed by atoms with Gasteiger partial charge in [-0.3, -0.25) is 24.8 Å². The highest BCUT2D eigenvalue weighted by Gasteiger charge is 2.43. The Morgan fingerprint density at radius 3 is 2.71 bits per heavy atom. The highest BCUT2D eigenvalue weighted by atomic mass is 32.1. The first-order chi connectivity index (χ1) is 16.5. The van der Waals surface area contributed by atoms with Crippen molar-refractivity contribution in [1.29, 1.82) is 0 Å². The number of benzene rings is 1. The number of amidine groups is 1. The summed E-state index contributed by atoms with van der Waals surface area (Å²) >= 11 is 1.47. The van der Waals surface area contributed by atoms with Gasteiger partial charge in [0, 0.05) is 51.3 Å². The van der Waals surface area contributed by atoms with Crippen LogP contribution in [-0.2, 0) is 4.79 Å². The first-order valence-electron chi connectivity index (χ1n) is 12.1. The molecule has 4 heterocycles. The summed E-state index contributed by atoms with van der Waals surface area (Å²) in [7, 11) is 0. The lowest BCUT2D eigenvalue weighted by Gasteiger charge is -2.40. The monoisotopic (exact) mass is 480 g/mol. The Balaban J connectivity index is 1.20. The summed E-state index contributed by atoms with van der Waals surface area (Å²) in [6, 6.07) is 8.40. The summed E-state index contributed by atoms with van der Waals surface area (Å²) in [5.74, 6) is 1.03. The summed E-state index contributed by atoms with van der Waals surface area (Å²) < 4.78 is 0. The van der Waals surface area contributed by atoms with Crippen LogP contribution in [-0.4, -0.2) is 66.5 Å². The van der Waals surface area contributed by atoms with E-state index in [1.807, 2.05) is 21.2 Å². The van der Waals surface area contributed by atoms with Crippen LogP contribution in [0.15, 0.2) is 34.7 Å². The molecule has 0 radical (unpaired) electrons. The number of nitrogens with zero attached hydrogens (tertiary/aromatic N) is 5. The molecule has 1 aromatic heterocycles. The van der Waals surface area contributed by atoms with E-state index in [9.17, 15) is 9.59 Å². The van der Waals surface area contributed by atoms with Gasteiger partial charge in [0.25, 0.3) is 5.91 Å². The van der Waals surface area contributed by atoms with E-state index in [4.69, 9.17) is 0 Å². The zero-order valence-electron chi connectivity index (χ0n) is 20.1. The molecule has 0 spiro atoms. The molecule has 8 nitrogen and oxygen atoms in total. The summed E-state index contributed by atoms with van der Waals surface area (Å²) in [5.41, 5.74) is 7.91. The van der Waals surface area contributed by atoms with Crippen LogP contribution in [0.5, 0.6) is 0 Å². The van der Waals surface area contributed by atoms with Gasteiger partial charge >= 0.3 is 0 Å². The normalized spacial score (nSPS) is 19.7. The minimum absolute atomic E-state index is 0.0508. The minimum Gasteiger partial charge on any atom is -0.368 e. The van der Waals surface area contributed by atoms with Crippen LogP contribution in [0.25, 0.3) is 0 Å². The van der Waals surface area contributed by atoms with Gasteiger partial charge in [0.1, 0.15) is 10.7 Å². The topological polar surface area (TPSA) is 71.5 Å². The van der Waals surface area contributed by atoms with Crippen LogP contribution in [0, 0.1) is 13.8 Å². The molecule has 0 aliphatic carbocycles. The molecule has 0 saturated carbocycles. The molecule has 2 amide bonds. The summed E-state index contributed by atoms with van der Waals surface area (Å²) in [4.78, 5) is 35.0. The van der Waals surface area contributed by atoms with E-state index >= 15 is 0 Å². The van der Waals surface area contributed by atoms with Gasteiger partial charge in [0.2, 0.25) is 12.2 Å². The van der Waals surface area contributed by atoms with Crippen molar-refractivity contribution < 1.29 is 9.59 Å². The Morgan fingerprint density at radius 2 is 1.94 bits per heavy atom.